The lowest BCUT2D eigenvalue weighted by Gasteiger charge is -2.12. The molecule has 0 saturated carbocycles. The van der Waals surface area contributed by atoms with Crippen LogP contribution in [0.5, 0.6) is 0 Å². The molecule has 0 saturated heterocycles. The quantitative estimate of drug-likeness (QED) is 0.777. The van der Waals surface area contributed by atoms with Gasteiger partial charge in [-0.25, -0.2) is 5.43 Å². The molecule has 0 atom stereocenters. The summed E-state index contributed by atoms with van der Waals surface area (Å²) in [4.78, 5) is 34.3. The first-order valence-corrected chi connectivity index (χ1v) is 6.65. The summed E-state index contributed by atoms with van der Waals surface area (Å²) in [6.45, 7) is 1.76. The third kappa shape index (κ3) is 4.13. The zero-order chi connectivity index (χ0) is 15.2. The molecule has 1 aliphatic rings. The fraction of sp³-hybridized carbons (Fsp3) is 0.286. The van der Waals surface area contributed by atoms with Gasteiger partial charge in [0.15, 0.2) is 0 Å². The Hall–Kier alpha value is -2.70. The van der Waals surface area contributed by atoms with Crippen LogP contribution in [0.4, 0.5) is 11.4 Å². The van der Waals surface area contributed by atoms with Crippen LogP contribution in [0, 0.1) is 0 Å². The largest absolute Gasteiger partial charge is 0.326 e. The van der Waals surface area contributed by atoms with Crippen molar-refractivity contribution in [2.24, 2.45) is 5.10 Å². The van der Waals surface area contributed by atoms with E-state index in [0.29, 0.717) is 24.2 Å². The van der Waals surface area contributed by atoms with E-state index in [1.54, 1.807) is 31.2 Å². The predicted molar refractivity (Wildman–Crippen MR) is 78.8 cm³/mol. The normalized spacial score (nSPS) is 14.0. The Morgan fingerprint density at radius 2 is 1.95 bits per heavy atom. The van der Waals surface area contributed by atoms with Gasteiger partial charge in [-0.3, -0.25) is 14.4 Å². The van der Waals surface area contributed by atoms with Crippen molar-refractivity contribution in [2.45, 2.75) is 26.2 Å². The molecule has 0 fully saturated rings. The molecule has 110 valence electrons. The Morgan fingerprint density at radius 3 is 2.57 bits per heavy atom. The molecule has 0 spiro atoms. The number of benzene rings is 1. The Labute approximate surface area is 121 Å². The zero-order valence-electron chi connectivity index (χ0n) is 11.6. The minimum Gasteiger partial charge on any atom is -0.326 e. The first-order valence-electron chi connectivity index (χ1n) is 6.65. The van der Waals surface area contributed by atoms with Gasteiger partial charge in [-0.15, -0.1) is 0 Å². The summed E-state index contributed by atoms with van der Waals surface area (Å²) in [6.07, 6.45) is 0.940. The number of hydrazone groups is 1. The predicted octanol–water partition coefficient (Wildman–Crippen LogP) is 1.24. The highest BCUT2D eigenvalue weighted by Crippen LogP contribution is 2.16. The maximum absolute atomic E-state index is 12.0. The molecule has 7 heteroatoms. The van der Waals surface area contributed by atoms with Crippen LogP contribution in [0.2, 0.25) is 0 Å². The van der Waals surface area contributed by atoms with Gasteiger partial charge < -0.3 is 10.6 Å². The summed E-state index contributed by atoms with van der Waals surface area (Å²) in [6, 6.07) is 6.84. The summed E-state index contributed by atoms with van der Waals surface area (Å²) in [5, 5.41) is 9.12. The van der Waals surface area contributed by atoms with Crippen molar-refractivity contribution in [2.75, 3.05) is 10.6 Å². The van der Waals surface area contributed by atoms with E-state index in [4.69, 9.17) is 0 Å². The van der Waals surface area contributed by atoms with Crippen LogP contribution in [-0.2, 0) is 14.4 Å². The fourth-order valence-electron chi connectivity index (χ4n) is 1.77. The third-order valence-electron chi connectivity index (χ3n) is 2.89. The van der Waals surface area contributed by atoms with Gasteiger partial charge in [0.05, 0.1) is 0 Å². The average molecular weight is 288 g/mol. The van der Waals surface area contributed by atoms with Crippen LogP contribution in [0.3, 0.4) is 0 Å². The monoisotopic (exact) mass is 288 g/mol. The molecular formula is C14H16N4O3. The average Bonchev–Trinajstić information content (AvgIpc) is 2.48. The molecule has 1 aromatic carbocycles. The first kappa shape index (κ1) is 14.7. The molecule has 1 aliphatic heterocycles. The number of nitrogens with one attached hydrogen (secondary N) is 3. The van der Waals surface area contributed by atoms with Crippen LogP contribution in [-0.4, -0.2) is 23.4 Å². The van der Waals surface area contributed by atoms with E-state index in [1.165, 1.54) is 0 Å². The van der Waals surface area contributed by atoms with Crippen LogP contribution >= 0.6 is 0 Å². The van der Waals surface area contributed by atoms with Gasteiger partial charge in [-0.05, 0) is 18.2 Å². The topological polar surface area (TPSA) is 99.7 Å². The second-order valence-electron chi connectivity index (χ2n) is 4.53. The third-order valence-corrected chi connectivity index (χ3v) is 2.89. The van der Waals surface area contributed by atoms with E-state index in [0.717, 1.165) is 0 Å². The molecule has 0 unspecified atom stereocenters. The number of hydrogen-bond donors (Lipinski definition) is 3. The molecule has 0 aromatic heterocycles. The number of nitrogens with zero attached hydrogens (tertiary/aromatic N) is 1. The highest BCUT2D eigenvalue weighted by molar-refractivity contribution is 6.43. The van der Waals surface area contributed by atoms with Crippen molar-refractivity contribution in [3.63, 3.8) is 0 Å². The summed E-state index contributed by atoms with van der Waals surface area (Å²) in [7, 11) is 0. The van der Waals surface area contributed by atoms with Crippen LogP contribution < -0.4 is 16.1 Å². The second kappa shape index (κ2) is 6.65. The molecule has 21 heavy (non-hydrogen) atoms. The Morgan fingerprint density at radius 1 is 1.24 bits per heavy atom. The molecule has 7 nitrogen and oxygen atoms in total. The van der Waals surface area contributed by atoms with Gasteiger partial charge in [0, 0.05) is 30.6 Å². The van der Waals surface area contributed by atoms with Crippen molar-refractivity contribution in [3.8, 4) is 0 Å². The smallest absolute Gasteiger partial charge is 0.271 e. The van der Waals surface area contributed by atoms with Gasteiger partial charge in [-0.1, -0.05) is 13.0 Å². The number of rotatable bonds is 4. The lowest BCUT2D eigenvalue weighted by Crippen LogP contribution is -2.32. The van der Waals surface area contributed by atoms with E-state index < -0.39 is 0 Å². The zero-order valence-corrected chi connectivity index (χ0v) is 11.6. The van der Waals surface area contributed by atoms with E-state index in [2.05, 4.69) is 21.2 Å². The van der Waals surface area contributed by atoms with E-state index in [1.807, 2.05) is 0 Å². The van der Waals surface area contributed by atoms with Crippen molar-refractivity contribution in [1.29, 1.82) is 0 Å². The van der Waals surface area contributed by atoms with Gasteiger partial charge in [-0.2, -0.15) is 5.10 Å². The number of carbonyl (C=O) groups is 3. The van der Waals surface area contributed by atoms with Crippen molar-refractivity contribution >= 4 is 34.8 Å². The Balaban J connectivity index is 2.02. The fourth-order valence-corrected chi connectivity index (χ4v) is 1.77. The number of hydrogen-bond acceptors (Lipinski definition) is 4. The summed E-state index contributed by atoms with van der Waals surface area (Å²) < 4.78 is 0. The maximum Gasteiger partial charge on any atom is 0.271 e. The minimum atomic E-state index is -0.367. The number of amides is 3. The van der Waals surface area contributed by atoms with Crippen molar-refractivity contribution in [1.82, 2.24) is 5.43 Å². The summed E-state index contributed by atoms with van der Waals surface area (Å²) in [5.74, 6) is -0.664. The SMILES string of the molecule is CCC(=O)Nc1cccc(NC(=O)C2=NNC(=O)CC2)c1. The van der Waals surface area contributed by atoms with Gasteiger partial charge in [0.25, 0.3) is 5.91 Å². The lowest BCUT2D eigenvalue weighted by atomic mass is 10.1. The molecule has 0 bridgehead atoms. The number of carbonyl (C=O) groups excluding carboxylic acids is 3. The van der Waals surface area contributed by atoms with Crippen LogP contribution in [0.15, 0.2) is 29.4 Å². The second-order valence-corrected chi connectivity index (χ2v) is 4.53. The minimum absolute atomic E-state index is 0.0992. The molecular weight excluding hydrogens is 272 g/mol. The molecule has 0 aliphatic carbocycles. The summed E-state index contributed by atoms with van der Waals surface area (Å²) in [5.41, 5.74) is 3.71. The van der Waals surface area contributed by atoms with Crippen LogP contribution in [0.1, 0.15) is 26.2 Å². The molecule has 1 aromatic rings. The van der Waals surface area contributed by atoms with E-state index >= 15 is 0 Å². The van der Waals surface area contributed by atoms with Gasteiger partial charge >= 0.3 is 0 Å². The summed E-state index contributed by atoms with van der Waals surface area (Å²) >= 11 is 0. The standard InChI is InChI=1S/C14H16N4O3/c1-2-12(19)15-9-4-3-5-10(8-9)16-14(21)11-6-7-13(20)18-17-11/h3-5,8H,2,6-7H2,1H3,(H,15,19)(H,16,21)(H,18,20). The van der Waals surface area contributed by atoms with Crippen LogP contribution in [0.25, 0.3) is 0 Å². The first-order chi connectivity index (χ1) is 10.1. The maximum atomic E-state index is 12.0. The van der Waals surface area contributed by atoms with E-state index in [-0.39, 0.29) is 29.9 Å². The Bertz CT molecular complexity index is 610. The number of anilines is 2. The molecule has 2 rings (SSSR count). The molecule has 1 heterocycles. The molecule has 0 radical (unpaired) electrons. The Kier molecular flexibility index (Phi) is 4.65. The highest BCUT2D eigenvalue weighted by Gasteiger charge is 2.18. The van der Waals surface area contributed by atoms with Gasteiger partial charge in [0.2, 0.25) is 11.8 Å². The van der Waals surface area contributed by atoms with Crippen molar-refractivity contribution < 1.29 is 14.4 Å². The van der Waals surface area contributed by atoms with Crippen molar-refractivity contribution in [3.05, 3.63) is 24.3 Å². The van der Waals surface area contributed by atoms with E-state index in [9.17, 15) is 14.4 Å². The van der Waals surface area contributed by atoms with Gasteiger partial charge in [0.1, 0.15) is 5.71 Å². The molecule has 3 amide bonds. The molecule has 3 N–H and O–H groups in total. The highest BCUT2D eigenvalue weighted by atomic mass is 16.2. The lowest BCUT2D eigenvalue weighted by molar-refractivity contribution is -0.121.